The highest BCUT2D eigenvalue weighted by Crippen LogP contribution is 2.30. The van der Waals surface area contributed by atoms with Gasteiger partial charge in [-0.1, -0.05) is 5.16 Å². The van der Waals surface area contributed by atoms with Crippen molar-refractivity contribution in [2.24, 2.45) is 4.99 Å². The number of aliphatic imine (C=N–C) groups is 1. The van der Waals surface area contributed by atoms with E-state index >= 15 is 0 Å². The Bertz CT molecular complexity index is 690. The van der Waals surface area contributed by atoms with Crippen LogP contribution >= 0.6 is 24.0 Å². The van der Waals surface area contributed by atoms with E-state index in [4.69, 9.17) is 14.0 Å². The van der Waals surface area contributed by atoms with Crippen molar-refractivity contribution < 1.29 is 14.0 Å². The third-order valence-corrected chi connectivity index (χ3v) is 3.02. The van der Waals surface area contributed by atoms with Crippen LogP contribution in [0.2, 0.25) is 0 Å². The average molecular weight is 461 g/mol. The lowest BCUT2D eigenvalue weighted by atomic mass is 10.2. The molecule has 1 aromatic heterocycles. The third-order valence-electron chi connectivity index (χ3n) is 3.02. The van der Waals surface area contributed by atoms with Crippen LogP contribution in [0.5, 0.6) is 11.5 Å². The van der Waals surface area contributed by atoms with Crippen LogP contribution in [0, 0.1) is 6.92 Å². The molecular formula is C16H24IN5O3. The monoisotopic (exact) mass is 461 g/mol. The lowest BCUT2D eigenvalue weighted by molar-refractivity contribution is 0.311. The van der Waals surface area contributed by atoms with Crippen LogP contribution in [0.15, 0.2) is 27.7 Å². The summed E-state index contributed by atoms with van der Waals surface area (Å²) < 4.78 is 15.8. The number of aryl methyl sites for hydroxylation is 1. The molecule has 0 atom stereocenters. The van der Waals surface area contributed by atoms with Gasteiger partial charge in [-0.2, -0.15) is 4.98 Å². The summed E-state index contributed by atoms with van der Waals surface area (Å²) >= 11 is 0. The maximum absolute atomic E-state index is 5.52. The van der Waals surface area contributed by atoms with Crippen LogP contribution in [0.4, 0.5) is 5.69 Å². The first-order valence-electron chi connectivity index (χ1n) is 7.81. The van der Waals surface area contributed by atoms with Gasteiger partial charge < -0.3 is 24.6 Å². The van der Waals surface area contributed by atoms with Crippen LogP contribution in [0.3, 0.4) is 0 Å². The Morgan fingerprint density at radius 3 is 2.68 bits per heavy atom. The number of aromatic nitrogens is 2. The number of halogens is 1. The van der Waals surface area contributed by atoms with Crippen molar-refractivity contribution in [3.05, 3.63) is 29.9 Å². The predicted molar refractivity (Wildman–Crippen MR) is 107 cm³/mol. The molecule has 0 saturated heterocycles. The van der Waals surface area contributed by atoms with E-state index in [1.807, 2.05) is 32.0 Å². The van der Waals surface area contributed by atoms with Gasteiger partial charge in [-0.05, 0) is 26.0 Å². The SMILES string of the molecule is CCNC(=NCc1noc(C)n1)Nc1ccc(OCC)c(OC)c1.I. The van der Waals surface area contributed by atoms with E-state index in [0.29, 0.717) is 42.3 Å². The Labute approximate surface area is 164 Å². The normalized spacial score (nSPS) is 10.8. The molecule has 1 aromatic carbocycles. The zero-order valence-corrected chi connectivity index (χ0v) is 17.2. The highest BCUT2D eigenvalue weighted by molar-refractivity contribution is 14.0. The number of ether oxygens (including phenoxy) is 2. The molecule has 1 heterocycles. The maximum atomic E-state index is 5.52. The first kappa shape index (κ1) is 21.0. The number of benzene rings is 1. The average Bonchev–Trinajstić information content (AvgIpc) is 3.00. The van der Waals surface area contributed by atoms with Crippen molar-refractivity contribution in [2.75, 3.05) is 25.6 Å². The molecule has 8 nitrogen and oxygen atoms in total. The predicted octanol–water partition coefficient (Wildman–Crippen LogP) is 2.98. The number of nitrogens with zero attached hydrogens (tertiary/aromatic N) is 3. The van der Waals surface area contributed by atoms with Gasteiger partial charge in [-0.15, -0.1) is 24.0 Å². The van der Waals surface area contributed by atoms with Crippen molar-refractivity contribution in [1.82, 2.24) is 15.5 Å². The zero-order valence-electron chi connectivity index (χ0n) is 14.8. The van der Waals surface area contributed by atoms with Gasteiger partial charge in [-0.3, -0.25) is 0 Å². The van der Waals surface area contributed by atoms with Crippen LogP contribution in [0.1, 0.15) is 25.6 Å². The Morgan fingerprint density at radius 2 is 2.08 bits per heavy atom. The van der Waals surface area contributed by atoms with Gasteiger partial charge in [0, 0.05) is 25.2 Å². The Morgan fingerprint density at radius 1 is 1.28 bits per heavy atom. The van der Waals surface area contributed by atoms with Gasteiger partial charge >= 0.3 is 0 Å². The minimum absolute atomic E-state index is 0. The fourth-order valence-electron chi connectivity index (χ4n) is 2.02. The largest absolute Gasteiger partial charge is 0.493 e. The number of rotatable bonds is 7. The molecule has 2 N–H and O–H groups in total. The van der Waals surface area contributed by atoms with Crippen molar-refractivity contribution >= 4 is 35.6 Å². The van der Waals surface area contributed by atoms with Gasteiger partial charge in [0.2, 0.25) is 5.89 Å². The number of methoxy groups -OCH3 is 1. The van der Waals surface area contributed by atoms with E-state index in [1.165, 1.54) is 0 Å². The first-order valence-corrected chi connectivity index (χ1v) is 7.81. The van der Waals surface area contributed by atoms with E-state index in [1.54, 1.807) is 14.0 Å². The summed E-state index contributed by atoms with van der Waals surface area (Å²) in [5, 5.41) is 10.2. The summed E-state index contributed by atoms with van der Waals surface area (Å²) in [4.78, 5) is 8.58. The molecule has 0 amide bonds. The maximum Gasteiger partial charge on any atom is 0.223 e. The van der Waals surface area contributed by atoms with Gasteiger partial charge in [0.1, 0.15) is 6.54 Å². The minimum atomic E-state index is 0. The molecule has 2 aromatic rings. The summed E-state index contributed by atoms with van der Waals surface area (Å²) in [5.74, 6) is 3.04. The number of hydrogen-bond acceptors (Lipinski definition) is 6. The van der Waals surface area contributed by atoms with Gasteiger partial charge in [0.05, 0.1) is 13.7 Å². The molecule has 2 rings (SSSR count). The molecule has 0 unspecified atom stereocenters. The van der Waals surface area contributed by atoms with Crippen molar-refractivity contribution in [2.45, 2.75) is 27.3 Å². The molecule has 9 heteroatoms. The lowest BCUT2D eigenvalue weighted by Gasteiger charge is -2.14. The van der Waals surface area contributed by atoms with Gasteiger partial charge in [0.15, 0.2) is 23.3 Å². The molecule has 0 fully saturated rings. The molecule has 0 aliphatic heterocycles. The highest BCUT2D eigenvalue weighted by atomic mass is 127. The Balaban J connectivity index is 0.00000312. The van der Waals surface area contributed by atoms with Crippen LogP contribution < -0.4 is 20.1 Å². The van der Waals surface area contributed by atoms with E-state index in [2.05, 4.69) is 25.8 Å². The number of hydrogen-bond donors (Lipinski definition) is 2. The lowest BCUT2D eigenvalue weighted by Crippen LogP contribution is -2.30. The number of anilines is 1. The molecule has 0 bridgehead atoms. The van der Waals surface area contributed by atoms with E-state index in [-0.39, 0.29) is 24.0 Å². The fourth-order valence-corrected chi connectivity index (χ4v) is 2.02. The summed E-state index contributed by atoms with van der Waals surface area (Å²) in [6, 6.07) is 5.62. The molecule has 25 heavy (non-hydrogen) atoms. The molecule has 0 saturated carbocycles. The molecule has 0 radical (unpaired) electrons. The summed E-state index contributed by atoms with van der Waals surface area (Å²) in [6.45, 7) is 7.30. The van der Waals surface area contributed by atoms with Gasteiger partial charge in [-0.25, -0.2) is 4.99 Å². The Hall–Kier alpha value is -2.04. The molecule has 0 spiro atoms. The van der Waals surface area contributed by atoms with Crippen molar-refractivity contribution in [3.8, 4) is 11.5 Å². The minimum Gasteiger partial charge on any atom is -0.493 e. The summed E-state index contributed by atoms with van der Waals surface area (Å²) in [7, 11) is 1.61. The Kier molecular flexibility index (Phi) is 9.03. The second kappa shape index (κ2) is 10.7. The van der Waals surface area contributed by atoms with Crippen LogP contribution in [0.25, 0.3) is 0 Å². The summed E-state index contributed by atoms with van der Waals surface area (Å²) in [5.41, 5.74) is 0.833. The van der Waals surface area contributed by atoms with Crippen molar-refractivity contribution in [1.29, 1.82) is 0 Å². The standard InChI is InChI=1S/C16H23N5O3.HI/c1-5-17-16(18-10-15-19-11(3)24-21-15)20-12-7-8-13(23-6-2)14(9-12)22-4;/h7-9H,5-6,10H2,1-4H3,(H2,17,18,20);1H. The molecular weight excluding hydrogens is 437 g/mol. The molecule has 0 aliphatic rings. The van der Waals surface area contributed by atoms with Gasteiger partial charge in [0.25, 0.3) is 0 Å². The topological polar surface area (TPSA) is 93.8 Å². The number of nitrogens with one attached hydrogen (secondary N) is 2. The smallest absolute Gasteiger partial charge is 0.223 e. The van der Waals surface area contributed by atoms with E-state index in [0.717, 1.165) is 12.2 Å². The zero-order chi connectivity index (χ0) is 17.4. The third kappa shape index (κ3) is 6.40. The van der Waals surface area contributed by atoms with Crippen LogP contribution in [-0.4, -0.2) is 36.4 Å². The molecule has 138 valence electrons. The first-order chi connectivity index (χ1) is 11.7. The van der Waals surface area contributed by atoms with Crippen LogP contribution in [-0.2, 0) is 6.54 Å². The highest BCUT2D eigenvalue weighted by Gasteiger charge is 2.07. The van der Waals surface area contributed by atoms with Crippen molar-refractivity contribution in [3.63, 3.8) is 0 Å². The second-order valence-electron chi connectivity index (χ2n) is 4.85. The van der Waals surface area contributed by atoms with E-state index < -0.39 is 0 Å². The quantitative estimate of drug-likeness (QED) is 0.372. The number of guanidine groups is 1. The molecule has 0 aliphatic carbocycles. The fraction of sp³-hybridized carbons (Fsp3) is 0.438. The summed E-state index contributed by atoms with van der Waals surface area (Å²) in [6.07, 6.45) is 0. The van der Waals surface area contributed by atoms with E-state index in [9.17, 15) is 0 Å². The second-order valence-corrected chi connectivity index (χ2v) is 4.85.